The number of rotatable bonds is 4. The number of amides is 3. The van der Waals surface area contributed by atoms with Gasteiger partial charge in [0.15, 0.2) is 5.16 Å². The van der Waals surface area contributed by atoms with Gasteiger partial charge in [0.1, 0.15) is 10.6 Å². The van der Waals surface area contributed by atoms with Gasteiger partial charge in [-0.15, -0.1) is 11.3 Å². The SMILES string of the molecule is CNC(=O)NC(=O)CCSc1nc(N)c2ccsc2n1. The number of carbonyl (C=O) groups excluding carboxylic acids is 2. The number of hydrogen-bond acceptors (Lipinski definition) is 7. The minimum absolute atomic E-state index is 0.198. The first-order chi connectivity index (χ1) is 9.60. The van der Waals surface area contributed by atoms with E-state index in [-0.39, 0.29) is 12.3 Å². The summed E-state index contributed by atoms with van der Waals surface area (Å²) >= 11 is 2.82. The molecule has 3 amide bonds. The number of anilines is 1. The Morgan fingerprint density at radius 3 is 3.00 bits per heavy atom. The van der Waals surface area contributed by atoms with Crippen molar-refractivity contribution in [2.24, 2.45) is 0 Å². The molecule has 106 valence electrons. The van der Waals surface area contributed by atoms with Gasteiger partial charge in [0.2, 0.25) is 5.91 Å². The Labute approximate surface area is 123 Å². The van der Waals surface area contributed by atoms with Crippen LogP contribution in [0.25, 0.3) is 10.2 Å². The largest absolute Gasteiger partial charge is 0.383 e. The first-order valence-electron chi connectivity index (χ1n) is 5.75. The molecule has 0 aliphatic heterocycles. The van der Waals surface area contributed by atoms with Gasteiger partial charge in [0, 0.05) is 19.2 Å². The summed E-state index contributed by atoms with van der Waals surface area (Å²) in [5.74, 6) is 0.565. The zero-order valence-electron chi connectivity index (χ0n) is 10.7. The molecule has 20 heavy (non-hydrogen) atoms. The summed E-state index contributed by atoms with van der Waals surface area (Å²) in [6, 6.07) is 1.36. The van der Waals surface area contributed by atoms with E-state index in [2.05, 4.69) is 20.6 Å². The minimum Gasteiger partial charge on any atom is -0.383 e. The molecule has 0 radical (unpaired) electrons. The lowest BCUT2D eigenvalue weighted by atomic mass is 10.4. The van der Waals surface area contributed by atoms with Crippen molar-refractivity contribution in [3.05, 3.63) is 11.4 Å². The van der Waals surface area contributed by atoms with E-state index in [4.69, 9.17) is 5.73 Å². The van der Waals surface area contributed by atoms with Crippen LogP contribution in [0.4, 0.5) is 10.6 Å². The second kappa shape index (κ2) is 6.53. The van der Waals surface area contributed by atoms with Crippen molar-refractivity contribution in [3.63, 3.8) is 0 Å². The van der Waals surface area contributed by atoms with Gasteiger partial charge < -0.3 is 11.1 Å². The number of thiophene rings is 1. The Morgan fingerprint density at radius 2 is 2.25 bits per heavy atom. The first-order valence-corrected chi connectivity index (χ1v) is 7.61. The molecule has 7 nitrogen and oxygen atoms in total. The van der Waals surface area contributed by atoms with E-state index in [1.807, 2.05) is 11.4 Å². The predicted octanol–water partition coefficient (Wildman–Crippen LogP) is 1.21. The maximum absolute atomic E-state index is 11.4. The van der Waals surface area contributed by atoms with E-state index in [1.54, 1.807) is 0 Å². The maximum Gasteiger partial charge on any atom is 0.321 e. The topological polar surface area (TPSA) is 110 Å². The fraction of sp³-hybridized carbons (Fsp3) is 0.273. The molecule has 0 aromatic carbocycles. The number of nitrogens with zero attached hydrogens (tertiary/aromatic N) is 2. The normalized spacial score (nSPS) is 10.4. The van der Waals surface area contributed by atoms with Crippen LogP contribution in [-0.4, -0.2) is 34.7 Å². The summed E-state index contributed by atoms with van der Waals surface area (Å²) in [4.78, 5) is 31.7. The third-order valence-electron chi connectivity index (χ3n) is 2.37. The standard InChI is InChI=1S/C11H13N5O2S2/c1-13-10(18)14-7(17)3-5-20-11-15-8(12)6-2-4-19-9(6)16-11/h2,4H,3,5H2,1H3,(H2,12,15,16)(H2,13,14,17,18). The van der Waals surface area contributed by atoms with E-state index in [9.17, 15) is 9.59 Å². The molecule has 0 unspecified atom stereocenters. The summed E-state index contributed by atoms with van der Waals surface area (Å²) in [7, 11) is 1.45. The molecule has 0 fully saturated rings. The van der Waals surface area contributed by atoms with Crippen LogP contribution >= 0.6 is 23.1 Å². The molecule has 0 saturated carbocycles. The first kappa shape index (κ1) is 14.5. The lowest BCUT2D eigenvalue weighted by Gasteiger charge is -2.03. The summed E-state index contributed by atoms with van der Waals surface area (Å²) in [5, 5.41) is 7.78. The van der Waals surface area contributed by atoms with Gasteiger partial charge in [-0.2, -0.15) is 0 Å². The lowest BCUT2D eigenvalue weighted by Crippen LogP contribution is -2.37. The Balaban J connectivity index is 1.89. The zero-order valence-corrected chi connectivity index (χ0v) is 12.3. The number of fused-ring (bicyclic) bond motifs is 1. The van der Waals surface area contributed by atoms with E-state index in [0.29, 0.717) is 16.7 Å². The molecule has 2 heterocycles. The van der Waals surface area contributed by atoms with Crippen LogP contribution in [0.3, 0.4) is 0 Å². The number of nitrogen functional groups attached to an aromatic ring is 1. The van der Waals surface area contributed by atoms with Gasteiger partial charge >= 0.3 is 6.03 Å². The van der Waals surface area contributed by atoms with Gasteiger partial charge in [-0.3, -0.25) is 10.1 Å². The predicted molar refractivity (Wildman–Crippen MR) is 79.8 cm³/mol. The summed E-state index contributed by atoms with van der Waals surface area (Å²) < 4.78 is 0. The van der Waals surface area contributed by atoms with Crippen LogP contribution in [-0.2, 0) is 4.79 Å². The smallest absolute Gasteiger partial charge is 0.321 e. The van der Waals surface area contributed by atoms with Crippen molar-refractivity contribution in [3.8, 4) is 0 Å². The average molecular weight is 311 g/mol. The monoisotopic (exact) mass is 311 g/mol. The van der Waals surface area contributed by atoms with Gasteiger partial charge in [0.25, 0.3) is 0 Å². The highest BCUT2D eigenvalue weighted by Crippen LogP contribution is 2.26. The van der Waals surface area contributed by atoms with E-state index >= 15 is 0 Å². The van der Waals surface area contributed by atoms with Crippen LogP contribution in [0.15, 0.2) is 16.6 Å². The number of urea groups is 1. The van der Waals surface area contributed by atoms with Gasteiger partial charge in [-0.25, -0.2) is 14.8 Å². The molecule has 2 aromatic heterocycles. The summed E-state index contributed by atoms with van der Waals surface area (Å²) in [6.07, 6.45) is 0.198. The van der Waals surface area contributed by atoms with Crippen LogP contribution in [0.1, 0.15) is 6.42 Å². The lowest BCUT2D eigenvalue weighted by molar-refractivity contribution is -0.119. The summed E-state index contributed by atoms with van der Waals surface area (Å²) in [5.41, 5.74) is 5.83. The maximum atomic E-state index is 11.4. The molecule has 0 bridgehead atoms. The van der Waals surface area contributed by atoms with Crippen molar-refractivity contribution in [2.45, 2.75) is 11.6 Å². The van der Waals surface area contributed by atoms with Gasteiger partial charge in [-0.1, -0.05) is 11.8 Å². The Bertz CT molecular complexity index is 643. The minimum atomic E-state index is -0.513. The Hall–Kier alpha value is -1.87. The highest BCUT2D eigenvalue weighted by atomic mass is 32.2. The van der Waals surface area contributed by atoms with Crippen molar-refractivity contribution < 1.29 is 9.59 Å². The van der Waals surface area contributed by atoms with Gasteiger partial charge in [-0.05, 0) is 11.4 Å². The number of nitrogens with two attached hydrogens (primary N) is 1. The number of aromatic nitrogens is 2. The third-order valence-corrected chi connectivity index (χ3v) is 4.03. The van der Waals surface area contributed by atoms with Gasteiger partial charge in [0.05, 0.1) is 5.39 Å². The number of thioether (sulfide) groups is 1. The van der Waals surface area contributed by atoms with Crippen LogP contribution in [0, 0.1) is 0 Å². The molecular weight excluding hydrogens is 298 g/mol. The molecule has 0 aliphatic rings. The number of carbonyl (C=O) groups is 2. The molecule has 2 rings (SSSR count). The highest BCUT2D eigenvalue weighted by Gasteiger charge is 2.09. The Morgan fingerprint density at radius 1 is 1.45 bits per heavy atom. The molecular formula is C11H13N5O2S2. The van der Waals surface area contributed by atoms with Crippen LogP contribution in [0.5, 0.6) is 0 Å². The molecule has 0 saturated heterocycles. The Kier molecular flexibility index (Phi) is 4.74. The molecule has 0 spiro atoms. The van der Waals surface area contributed by atoms with Crippen LogP contribution in [0.2, 0.25) is 0 Å². The zero-order chi connectivity index (χ0) is 14.5. The molecule has 4 N–H and O–H groups in total. The molecule has 2 aromatic rings. The van der Waals surface area contributed by atoms with Crippen molar-refractivity contribution >= 4 is 51.1 Å². The number of nitrogens with one attached hydrogen (secondary N) is 2. The van der Waals surface area contributed by atoms with Crippen molar-refractivity contribution in [1.29, 1.82) is 0 Å². The quantitative estimate of drug-likeness (QED) is 0.578. The molecule has 9 heteroatoms. The van der Waals surface area contributed by atoms with E-state index in [0.717, 1.165) is 10.2 Å². The van der Waals surface area contributed by atoms with E-state index < -0.39 is 6.03 Å². The molecule has 0 atom stereocenters. The average Bonchev–Trinajstić information content (AvgIpc) is 2.87. The summed E-state index contributed by atoms with van der Waals surface area (Å²) in [6.45, 7) is 0. The molecule has 0 aliphatic carbocycles. The van der Waals surface area contributed by atoms with Crippen LogP contribution < -0.4 is 16.4 Å². The number of imide groups is 1. The third kappa shape index (κ3) is 3.58. The fourth-order valence-corrected chi connectivity index (χ4v) is 3.03. The highest BCUT2D eigenvalue weighted by molar-refractivity contribution is 7.99. The second-order valence-electron chi connectivity index (χ2n) is 3.76. The van der Waals surface area contributed by atoms with Crippen molar-refractivity contribution in [1.82, 2.24) is 20.6 Å². The van der Waals surface area contributed by atoms with E-state index in [1.165, 1.54) is 30.1 Å². The second-order valence-corrected chi connectivity index (χ2v) is 5.71. The fourth-order valence-electron chi connectivity index (χ4n) is 1.41. The number of hydrogen-bond donors (Lipinski definition) is 3. The van der Waals surface area contributed by atoms with Crippen molar-refractivity contribution in [2.75, 3.05) is 18.5 Å².